The van der Waals surface area contributed by atoms with Gasteiger partial charge in [0, 0.05) is 5.56 Å². The predicted molar refractivity (Wildman–Crippen MR) is 53.2 cm³/mol. The first-order chi connectivity index (χ1) is 7.66. The smallest absolute Gasteiger partial charge is 0.311 e. The first-order valence-corrected chi connectivity index (χ1v) is 4.58. The van der Waals surface area contributed by atoms with Gasteiger partial charge in [0.15, 0.2) is 5.76 Å². The molecule has 0 unspecified atom stereocenters. The van der Waals surface area contributed by atoms with Crippen LogP contribution in [0.5, 0.6) is 0 Å². The maximum atomic E-state index is 13.0. The third kappa shape index (κ3) is 2.08. The van der Waals surface area contributed by atoms with Crippen molar-refractivity contribution in [2.45, 2.75) is 6.42 Å². The van der Waals surface area contributed by atoms with Crippen LogP contribution in [-0.4, -0.2) is 16.2 Å². The molecule has 0 radical (unpaired) electrons. The van der Waals surface area contributed by atoms with Gasteiger partial charge >= 0.3 is 5.97 Å². The fraction of sp³-hybridized carbons (Fsp3) is 0.0909. The molecule has 0 saturated carbocycles. The molecule has 0 aliphatic carbocycles. The molecule has 2 aromatic rings. The number of carboxylic acids is 1. The van der Waals surface area contributed by atoms with Crippen molar-refractivity contribution in [3.8, 4) is 11.1 Å². The van der Waals surface area contributed by atoms with Gasteiger partial charge in [-0.15, -0.1) is 0 Å². The van der Waals surface area contributed by atoms with E-state index >= 15 is 0 Å². The van der Waals surface area contributed by atoms with Crippen molar-refractivity contribution in [3.05, 3.63) is 42.0 Å². The number of rotatable bonds is 3. The van der Waals surface area contributed by atoms with E-state index < -0.39 is 5.97 Å². The quantitative estimate of drug-likeness (QED) is 0.862. The Morgan fingerprint density at radius 2 is 2.31 bits per heavy atom. The normalized spacial score (nSPS) is 10.3. The number of carbonyl (C=O) groups is 1. The minimum atomic E-state index is -1.02. The highest BCUT2D eigenvalue weighted by atomic mass is 19.1. The predicted octanol–water partition coefficient (Wildman–Crippen LogP) is 2.11. The number of hydrogen-bond donors (Lipinski definition) is 1. The summed E-state index contributed by atoms with van der Waals surface area (Å²) in [7, 11) is 0. The van der Waals surface area contributed by atoms with Gasteiger partial charge in [0.25, 0.3) is 0 Å². The summed E-state index contributed by atoms with van der Waals surface area (Å²) in [4.78, 5) is 10.6. The molecule has 0 bridgehead atoms. The molecule has 1 N–H and O–H groups in total. The van der Waals surface area contributed by atoms with E-state index in [0.717, 1.165) is 0 Å². The lowest BCUT2D eigenvalue weighted by Gasteiger charge is -1.99. The molecule has 0 fully saturated rings. The number of aliphatic carboxylic acids is 1. The second kappa shape index (κ2) is 4.14. The Morgan fingerprint density at radius 1 is 1.50 bits per heavy atom. The van der Waals surface area contributed by atoms with Crippen molar-refractivity contribution < 1.29 is 18.8 Å². The third-order valence-electron chi connectivity index (χ3n) is 2.09. The number of benzene rings is 1. The zero-order chi connectivity index (χ0) is 11.5. The molecule has 1 aromatic carbocycles. The van der Waals surface area contributed by atoms with Crippen LogP contribution in [0.15, 0.2) is 35.0 Å². The zero-order valence-electron chi connectivity index (χ0n) is 8.18. The van der Waals surface area contributed by atoms with E-state index in [1.807, 2.05) is 0 Å². The molecule has 2 rings (SSSR count). The van der Waals surface area contributed by atoms with Crippen molar-refractivity contribution in [3.63, 3.8) is 0 Å². The highest BCUT2D eigenvalue weighted by Crippen LogP contribution is 2.24. The molecule has 0 aliphatic rings. The second-order valence-electron chi connectivity index (χ2n) is 3.24. The van der Waals surface area contributed by atoms with E-state index in [9.17, 15) is 9.18 Å². The Morgan fingerprint density at radius 3 is 3.00 bits per heavy atom. The lowest BCUT2D eigenvalue weighted by Crippen LogP contribution is -1.99. The van der Waals surface area contributed by atoms with Gasteiger partial charge in [-0.1, -0.05) is 17.3 Å². The van der Waals surface area contributed by atoms with Crippen LogP contribution in [0.4, 0.5) is 4.39 Å². The number of carboxylic acid groups (broad SMARTS) is 1. The summed E-state index contributed by atoms with van der Waals surface area (Å²) in [5.74, 6) is -1.19. The van der Waals surface area contributed by atoms with Crippen LogP contribution in [-0.2, 0) is 11.2 Å². The molecule has 0 spiro atoms. The van der Waals surface area contributed by atoms with Gasteiger partial charge in [-0.2, -0.15) is 0 Å². The van der Waals surface area contributed by atoms with E-state index in [1.165, 1.54) is 18.3 Å². The molecule has 0 saturated heterocycles. The van der Waals surface area contributed by atoms with Gasteiger partial charge < -0.3 is 9.63 Å². The minimum absolute atomic E-state index is 0.220. The second-order valence-corrected chi connectivity index (χ2v) is 3.24. The summed E-state index contributed by atoms with van der Waals surface area (Å²) in [6.45, 7) is 0. The fourth-order valence-electron chi connectivity index (χ4n) is 1.42. The van der Waals surface area contributed by atoms with Crippen LogP contribution >= 0.6 is 0 Å². The van der Waals surface area contributed by atoms with E-state index in [4.69, 9.17) is 9.63 Å². The van der Waals surface area contributed by atoms with E-state index in [1.54, 1.807) is 12.1 Å². The van der Waals surface area contributed by atoms with E-state index in [0.29, 0.717) is 11.1 Å². The average molecular weight is 221 g/mol. The minimum Gasteiger partial charge on any atom is -0.481 e. The van der Waals surface area contributed by atoms with Crippen molar-refractivity contribution in [1.29, 1.82) is 0 Å². The van der Waals surface area contributed by atoms with Crippen LogP contribution in [0.25, 0.3) is 11.1 Å². The monoisotopic (exact) mass is 221 g/mol. The Hall–Kier alpha value is -2.17. The summed E-state index contributed by atoms with van der Waals surface area (Å²) < 4.78 is 17.8. The van der Waals surface area contributed by atoms with Crippen molar-refractivity contribution >= 4 is 5.97 Å². The van der Waals surface area contributed by atoms with Gasteiger partial charge in [0.2, 0.25) is 0 Å². The molecular weight excluding hydrogens is 213 g/mol. The largest absolute Gasteiger partial charge is 0.481 e. The highest BCUT2D eigenvalue weighted by Gasteiger charge is 2.13. The molecule has 0 atom stereocenters. The van der Waals surface area contributed by atoms with Gasteiger partial charge in [-0.05, 0) is 17.7 Å². The van der Waals surface area contributed by atoms with E-state index in [2.05, 4.69) is 5.16 Å². The van der Waals surface area contributed by atoms with Gasteiger partial charge in [0.05, 0.1) is 6.20 Å². The van der Waals surface area contributed by atoms with Crippen molar-refractivity contribution in [2.75, 3.05) is 0 Å². The Kier molecular flexibility index (Phi) is 2.68. The van der Waals surface area contributed by atoms with Crippen LogP contribution in [0.3, 0.4) is 0 Å². The van der Waals surface area contributed by atoms with Crippen LogP contribution < -0.4 is 0 Å². The van der Waals surface area contributed by atoms with Crippen LogP contribution in [0.2, 0.25) is 0 Å². The Balaban J connectivity index is 2.40. The first kappa shape index (κ1) is 10.4. The molecule has 4 nitrogen and oxygen atoms in total. The molecule has 1 heterocycles. The SMILES string of the molecule is O=C(O)Cc1oncc1-c1cccc(F)c1. The lowest BCUT2D eigenvalue weighted by molar-refractivity contribution is -0.136. The summed E-state index contributed by atoms with van der Waals surface area (Å²) in [5.41, 5.74) is 1.06. The van der Waals surface area contributed by atoms with Gasteiger partial charge in [-0.3, -0.25) is 4.79 Å². The summed E-state index contributed by atoms with van der Waals surface area (Å²) >= 11 is 0. The Labute approximate surface area is 90.3 Å². The van der Waals surface area contributed by atoms with Crippen molar-refractivity contribution in [2.24, 2.45) is 0 Å². The molecule has 1 aromatic heterocycles. The fourth-order valence-corrected chi connectivity index (χ4v) is 1.42. The lowest BCUT2D eigenvalue weighted by atomic mass is 10.1. The Bertz CT molecular complexity index is 521. The van der Waals surface area contributed by atoms with Crippen molar-refractivity contribution in [1.82, 2.24) is 5.16 Å². The third-order valence-corrected chi connectivity index (χ3v) is 2.09. The number of halogens is 1. The topological polar surface area (TPSA) is 63.3 Å². The standard InChI is InChI=1S/C11H8FNO3/c12-8-3-1-2-7(4-8)9-6-13-16-10(9)5-11(14)15/h1-4,6H,5H2,(H,14,15). The molecular formula is C11H8FNO3. The maximum Gasteiger partial charge on any atom is 0.311 e. The number of hydrogen-bond acceptors (Lipinski definition) is 3. The zero-order valence-corrected chi connectivity index (χ0v) is 8.18. The molecule has 16 heavy (non-hydrogen) atoms. The summed E-state index contributed by atoms with van der Waals surface area (Å²) in [6, 6.07) is 5.83. The molecule has 5 heteroatoms. The van der Waals surface area contributed by atoms with Gasteiger partial charge in [0.1, 0.15) is 12.2 Å². The highest BCUT2D eigenvalue weighted by molar-refractivity contribution is 5.74. The average Bonchev–Trinajstić information content (AvgIpc) is 2.65. The van der Waals surface area contributed by atoms with Gasteiger partial charge in [-0.25, -0.2) is 4.39 Å². The number of aromatic nitrogens is 1. The first-order valence-electron chi connectivity index (χ1n) is 4.58. The number of nitrogens with zero attached hydrogens (tertiary/aromatic N) is 1. The molecule has 0 amide bonds. The van der Waals surface area contributed by atoms with Crippen LogP contribution in [0, 0.1) is 5.82 Å². The molecule has 82 valence electrons. The maximum absolute atomic E-state index is 13.0. The van der Waals surface area contributed by atoms with E-state index in [-0.39, 0.29) is 18.0 Å². The summed E-state index contributed by atoms with van der Waals surface area (Å²) in [6.07, 6.45) is 1.11. The molecule has 0 aliphatic heterocycles. The summed E-state index contributed by atoms with van der Waals surface area (Å²) in [5, 5.41) is 12.2. The van der Waals surface area contributed by atoms with Crippen LogP contribution in [0.1, 0.15) is 5.76 Å².